The maximum absolute atomic E-state index is 13.1. The molecular formula is C22H18FN3O2S2. The van der Waals surface area contributed by atoms with Gasteiger partial charge in [0, 0.05) is 21.9 Å². The number of hydrogen-bond acceptors (Lipinski definition) is 6. The minimum atomic E-state index is -0.291. The molecule has 2 aromatic carbocycles. The maximum Gasteiger partial charge on any atom is 0.232 e. The van der Waals surface area contributed by atoms with Crippen molar-refractivity contribution in [3.8, 4) is 27.6 Å². The van der Waals surface area contributed by atoms with Crippen molar-refractivity contribution in [2.75, 3.05) is 12.4 Å². The molecule has 0 unspecified atom stereocenters. The molecule has 1 N–H and O–H groups in total. The first-order chi connectivity index (χ1) is 14.5. The molecule has 2 heterocycles. The first-order valence-electron chi connectivity index (χ1n) is 9.12. The van der Waals surface area contributed by atoms with Crippen LogP contribution in [0.15, 0.2) is 53.2 Å². The molecule has 0 bridgehead atoms. The summed E-state index contributed by atoms with van der Waals surface area (Å²) >= 11 is 2.78. The molecule has 5 nitrogen and oxygen atoms in total. The highest BCUT2D eigenvalue weighted by Crippen LogP contribution is 2.33. The number of anilines is 1. The number of carbonyl (C=O) groups is 1. The van der Waals surface area contributed by atoms with Crippen LogP contribution >= 0.6 is 22.7 Å². The Hall–Kier alpha value is -3.10. The van der Waals surface area contributed by atoms with Crippen molar-refractivity contribution >= 4 is 33.7 Å². The number of nitrogens with zero attached hydrogens (tertiary/aromatic N) is 2. The molecule has 4 rings (SSSR count). The summed E-state index contributed by atoms with van der Waals surface area (Å²) < 4.78 is 18.5. The molecule has 0 aliphatic heterocycles. The molecule has 152 valence electrons. The van der Waals surface area contributed by atoms with E-state index in [-0.39, 0.29) is 18.1 Å². The SMILES string of the molecule is COc1ccc(C)cc1-c1csc(NC(=O)Cc2csc(-c3ccc(F)cc3)n2)n1. The highest BCUT2D eigenvalue weighted by Gasteiger charge is 2.14. The number of aryl methyl sites for hydroxylation is 1. The lowest BCUT2D eigenvalue weighted by Gasteiger charge is -2.07. The molecule has 1 amide bonds. The van der Waals surface area contributed by atoms with E-state index in [0.29, 0.717) is 10.8 Å². The van der Waals surface area contributed by atoms with Crippen molar-refractivity contribution in [2.45, 2.75) is 13.3 Å². The summed E-state index contributed by atoms with van der Waals surface area (Å²) in [5.74, 6) is 0.253. The van der Waals surface area contributed by atoms with Gasteiger partial charge in [0.2, 0.25) is 5.91 Å². The second-order valence-corrected chi connectivity index (χ2v) is 8.33. The molecule has 0 spiro atoms. The molecule has 0 fully saturated rings. The van der Waals surface area contributed by atoms with Gasteiger partial charge in [-0.3, -0.25) is 4.79 Å². The summed E-state index contributed by atoms with van der Waals surface area (Å²) in [5.41, 5.74) is 4.23. The number of hydrogen-bond donors (Lipinski definition) is 1. The zero-order chi connectivity index (χ0) is 21.1. The van der Waals surface area contributed by atoms with Crippen molar-refractivity contribution in [1.82, 2.24) is 9.97 Å². The van der Waals surface area contributed by atoms with E-state index in [0.717, 1.165) is 33.1 Å². The van der Waals surface area contributed by atoms with Gasteiger partial charge in [0.1, 0.15) is 16.6 Å². The van der Waals surface area contributed by atoms with Crippen LogP contribution in [0.3, 0.4) is 0 Å². The Morgan fingerprint density at radius 1 is 1.10 bits per heavy atom. The van der Waals surface area contributed by atoms with E-state index in [1.165, 1.54) is 34.8 Å². The molecule has 0 saturated heterocycles. The number of amides is 1. The van der Waals surface area contributed by atoms with Crippen LogP contribution in [0.4, 0.5) is 9.52 Å². The Bertz CT molecular complexity index is 1190. The lowest BCUT2D eigenvalue weighted by Crippen LogP contribution is -2.14. The van der Waals surface area contributed by atoms with Crippen LogP contribution in [-0.4, -0.2) is 23.0 Å². The predicted octanol–water partition coefficient (Wildman–Crippen LogP) is 5.57. The molecule has 0 radical (unpaired) electrons. The van der Waals surface area contributed by atoms with E-state index >= 15 is 0 Å². The zero-order valence-corrected chi connectivity index (χ0v) is 17.9. The van der Waals surface area contributed by atoms with Crippen molar-refractivity contribution in [3.05, 3.63) is 70.3 Å². The van der Waals surface area contributed by atoms with Crippen molar-refractivity contribution in [3.63, 3.8) is 0 Å². The highest BCUT2D eigenvalue weighted by molar-refractivity contribution is 7.14. The number of nitrogens with one attached hydrogen (secondary N) is 1. The highest BCUT2D eigenvalue weighted by atomic mass is 32.1. The number of rotatable bonds is 6. The summed E-state index contributed by atoms with van der Waals surface area (Å²) in [5, 5.41) is 7.83. The van der Waals surface area contributed by atoms with E-state index in [9.17, 15) is 9.18 Å². The Morgan fingerprint density at radius 2 is 1.90 bits per heavy atom. The second-order valence-electron chi connectivity index (χ2n) is 6.62. The van der Waals surface area contributed by atoms with E-state index < -0.39 is 0 Å². The molecule has 2 aromatic heterocycles. The Morgan fingerprint density at radius 3 is 2.67 bits per heavy atom. The predicted molar refractivity (Wildman–Crippen MR) is 119 cm³/mol. The first-order valence-corrected chi connectivity index (χ1v) is 10.9. The van der Waals surface area contributed by atoms with Gasteiger partial charge in [-0.25, -0.2) is 14.4 Å². The number of methoxy groups -OCH3 is 1. The van der Waals surface area contributed by atoms with Crippen molar-refractivity contribution in [2.24, 2.45) is 0 Å². The Balaban J connectivity index is 1.43. The Kier molecular flexibility index (Phi) is 5.87. The average Bonchev–Trinajstić information content (AvgIpc) is 3.38. The van der Waals surface area contributed by atoms with Gasteiger partial charge in [-0.15, -0.1) is 22.7 Å². The number of carbonyl (C=O) groups excluding carboxylic acids is 1. The van der Waals surface area contributed by atoms with Gasteiger partial charge in [0.25, 0.3) is 0 Å². The number of thiazole rings is 2. The van der Waals surface area contributed by atoms with Gasteiger partial charge >= 0.3 is 0 Å². The second kappa shape index (κ2) is 8.73. The number of halogens is 1. The number of benzene rings is 2. The van der Waals surface area contributed by atoms with E-state index in [1.54, 1.807) is 19.2 Å². The van der Waals surface area contributed by atoms with Crippen LogP contribution in [0.25, 0.3) is 21.8 Å². The normalized spacial score (nSPS) is 10.8. The first kappa shape index (κ1) is 20.2. The minimum Gasteiger partial charge on any atom is -0.496 e. The number of ether oxygens (including phenoxy) is 1. The molecule has 8 heteroatoms. The molecule has 30 heavy (non-hydrogen) atoms. The molecule has 0 aliphatic rings. The van der Waals surface area contributed by atoms with Crippen LogP contribution in [-0.2, 0) is 11.2 Å². The largest absolute Gasteiger partial charge is 0.496 e. The molecular weight excluding hydrogens is 421 g/mol. The molecule has 0 saturated carbocycles. The van der Waals surface area contributed by atoms with Gasteiger partial charge < -0.3 is 10.1 Å². The standard InChI is InChI=1S/C22H18FN3O2S2/c1-13-3-8-19(28-2)17(9-13)18-12-30-22(25-18)26-20(27)10-16-11-29-21(24-16)14-4-6-15(23)7-5-14/h3-9,11-12H,10H2,1-2H3,(H,25,26,27). The summed E-state index contributed by atoms with van der Waals surface area (Å²) in [6, 6.07) is 12.0. The summed E-state index contributed by atoms with van der Waals surface area (Å²) in [7, 11) is 1.62. The summed E-state index contributed by atoms with van der Waals surface area (Å²) in [4.78, 5) is 21.4. The van der Waals surface area contributed by atoms with Crippen LogP contribution in [0.2, 0.25) is 0 Å². The van der Waals surface area contributed by atoms with Gasteiger partial charge in [-0.1, -0.05) is 11.6 Å². The lowest BCUT2D eigenvalue weighted by molar-refractivity contribution is -0.115. The van der Waals surface area contributed by atoms with Gasteiger partial charge in [-0.05, 0) is 43.3 Å². The lowest BCUT2D eigenvalue weighted by atomic mass is 10.1. The third-order valence-electron chi connectivity index (χ3n) is 4.37. The van der Waals surface area contributed by atoms with Crippen LogP contribution in [0, 0.1) is 12.7 Å². The minimum absolute atomic E-state index is 0.139. The summed E-state index contributed by atoms with van der Waals surface area (Å²) in [6.07, 6.45) is 0.139. The van der Waals surface area contributed by atoms with Crippen LogP contribution in [0.5, 0.6) is 5.75 Å². The van der Waals surface area contributed by atoms with E-state index in [1.807, 2.05) is 35.9 Å². The van der Waals surface area contributed by atoms with Crippen molar-refractivity contribution in [1.29, 1.82) is 0 Å². The topological polar surface area (TPSA) is 64.1 Å². The average molecular weight is 440 g/mol. The number of aromatic nitrogens is 2. The smallest absolute Gasteiger partial charge is 0.232 e. The van der Waals surface area contributed by atoms with Crippen LogP contribution < -0.4 is 10.1 Å². The molecule has 0 aliphatic carbocycles. The van der Waals surface area contributed by atoms with E-state index in [4.69, 9.17) is 4.74 Å². The third-order valence-corrected chi connectivity index (χ3v) is 6.06. The Labute approximate surface area is 181 Å². The monoisotopic (exact) mass is 439 g/mol. The summed E-state index contributed by atoms with van der Waals surface area (Å²) in [6.45, 7) is 2.01. The third kappa shape index (κ3) is 4.55. The quantitative estimate of drug-likeness (QED) is 0.427. The fourth-order valence-electron chi connectivity index (χ4n) is 2.92. The van der Waals surface area contributed by atoms with Crippen LogP contribution in [0.1, 0.15) is 11.3 Å². The van der Waals surface area contributed by atoms with Gasteiger partial charge in [-0.2, -0.15) is 0 Å². The zero-order valence-electron chi connectivity index (χ0n) is 16.3. The molecule has 0 atom stereocenters. The van der Waals surface area contributed by atoms with E-state index in [2.05, 4.69) is 15.3 Å². The fourth-order valence-corrected chi connectivity index (χ4v) is 4.47. The van der Waals surface area contributed by atoms with Gasteiger partial charge in [0.05, 0.1) is 24.9 Å². The fraction of sp³-hybridized carbons (Fsp3) is 0.136. The molecule has 4 aromatic rings. The van der Waals surface area contributed by atoms with Crippen molar-refractivity contribution < 1.29 is 13.9 Å². The van der Waals surface area contributed by atoms with Gasteiger partial charge in [0.15, 0.2) is 5.13 Å². The maximum atomic E-state index is 13.1.